The third kappa shape index (κ3) is 3.29. The van der Waals surface area contributed by atoms with E-state index in [1.807, 2.05) is 44.3 Å². The summed E-state index contributed by atoms with van der Waals surface area (Å²) in [6.07, 6.45) is 4.67. The van der Waals surface area contributed by atoms with Crippen LogP contribution in [0, 0.1) is 5.92 Å². The third-order valence-corrected chi connectivity index (χ3v) is 6.97. The van der Waals surface area contributed by atoms with Gasteiger partial charge < -0.3 is 15.5 Å². The Kier molecular flexibility index (Phi) is 4.58. The average molecular weight is 454 g/mol. The van der Waals surface area contributed by atoms with Crippen molar-refractivity contribution in [3.8, 4) is 0 Å². The molecule has 2 aliphatic heterocycles. The zero-order valence-corrected chi connectivity index (χ0v) is 19.5. The SMILES string of the molecule is CC1CC(c2ccccc2)N(c2nccn3nc(Nc4ccc5c(c4)NC(=O)C5(C)C)nc23)C1. The molecule has 34 heavy (non-hydrogen) atoms. The summed E-state index contributed by atoms with van der Waals surface area (Å²) in [5.74, 6) is 1.89. The van der Waals surface area contributed by atoms with Gasteiger partial charge in [0.1, 0.15) is 0 Å². The molecule has 0 aliphatic carbocycles. The first-order valence-corrected chi connectivity index (χ1v) is 11.7. The first kappa shape index (κ1) is 20.7. The molecular formula is C26H27N7O. The van der Waals surface area contributed by atoms with Crippen LogP contribution >= 0.6 is 0 Å². The molecular weight excluding hydrogens is 426 g/mol. The van der Waals surface area contributed by atoms with Gasteiger partial charge in [-0.15, -0.1) is 5.10 Å². The number of benzene rings is 2. The highest BCUT2D eigenvalue weighted by Crippen LogP contribution is 2.40. The van der Waals surface area contributed by atoms with Crippen molar-refractivity contribution in [2.75, 3.05) is 22.1 Å². The van der Waals surface area contributed by atoms with Gasteiger partial charge in [-0.25, -0.2) is 9.50 Å². The van der Waals surface area contributed by atoms with Crippen molar-refractivity contribution in [2.45, 2.75) is 38.6 Å². The summed E-state index contributed by atoms with van der Waals surface area (Å²) >= 11 is 0. The van der Waals surface area contributed by atoms with Crippen molar-refractivity contribution in [1.82, 2.24) is 19.6 Å². The Labute approximate surface area is 198 Å². The number of nitrogens with zero attached hydrogens (tertiary/aromatic N) is 5. The Morgan fingerprint density at radius 2 is 1.97 bits per heavy atom. The normalized spacial score (nSPS) is 21.0. The molecule has 0 bridgehead atoms. The minimum Gasteiger partial charge on any atom is -0.346 e. The second-order valence-electron chi connectivity index (χ2n) is 9.84. The van der Waals surface area contributed by atoms with Gasteiger partial charge in [0.25, 0.3) is 0 Å². The van der Waals surface area contributed by atoms with Crippen molar-refractivity contribution < 1.29 is 4.79 Å². The fourth-order valence-electron chi connectivity index (χ4n) is 5.13. The van der Waals surface area contributed by atoms with Gasteiger partial charge in [0.2, 0.25) is 11.9 Å². The fraction of sp³-hybridized carbons (Fsp3) is 0.308. The Bertz CT molecular complexity index is 1400. The van der Waals surface area contributed by atoms with E-state index in [4.69, 9.17) is 9.97 Å². The highest BCUT2D eigenvalue weighted by atomic mass is 16.2. The zero-order valence-electron chi connectivity index (χ0n) is 19.5. The molecule has 2 aromatic heterocycles. The van der Waals surface area contributed by atoms with Gasteiger partial charge in [-0.1, -0.05) is 43.3 Å². The second kappa shape index (κ2) is 7.55. The smallest absolute Gasteiger partial charge is 0.247 e. The van der Waals surface area contributed by atoms with Crippen molar-refractivity contribution in [3.05, 3.63) is 72.1 Å². The van der Waals surface area contributed by atoms with Gasteiger partial charge in [-0.2, -0.15) is 4.98 Å². The maximum absolute atomic E-state index is 12.3. The van der Waals surface area contributed by atoms with Crippen molar-refractivity contribution in [2.24, 2.45) is 5.92 Å². The molecule has 4 aromatic rings. The van der Waals surface area contributed by atoms with E-state index < -0.39 is 5.41 Å². The number of hydrogen-bond acceptors (Lipinski definition) is 6. The molecule has 8 nitrogen and oxygen atoms in total. The minimum atomic E-state index is -0.530. The summed E-state index contributed by atoms with van der Waals surface area (Å²) in [5, 5.41) is 10.9. The van der Waals surface area contributed by atoms with Crippen LogP contribution in [0.2, 0.25) is 0 Å². The van der Waals surface area contributed by atoms with Gasteiger partial charge in [-0.3, -0.25) is 4.79 Å². The summed E-state index contributed by atoms with van der Waals surface area (Å²) in [4.78, 5) is 24.1. The van der Waals surface area contributed by atoms with Crippen LogP contribution in [0.1, 0.15) is 44.4 Å². The number of fused-ring (bicyclic) bond motifs is 2. The largest absolute Gasteiger partial charge is 0.346 e. The molecule has 8 heteroatoms. The Morgan fingerprint density at radius 1 is 1.15 bits per heavy atom. The number of aromatic nitrogens is 4. The summed E-state index contributed by atoms with van der Waals surface area (Å²) < 4.78 is 1.77. The molecule has 2 aliphatic rings. The summed E-state index contributed by atoms with van der Waals surface area (Å²) in [7, 11) is 0. The molecule has 2 unspecified atom stereocenters. The molecule has 2 atom stereocenters. The molecule has 1 amide bonds. The average Bonchev–Trinajstić information content (AvgIpc) is 3.47. The first-order valence-electron chi connectivity index (χ1n) is 11.7. The minimum absolute atomic E-state index is 0.00836. The van der Waals surface area contributed by atoms with E-state index in [1.165, 1.54) is 5.56 Å². The number of nitrogens with one attached hydrogen (secondary N) is 2. The molecule has 2 aromatic carbocycles. The number of carbonyl (C=O) groups excluding carboxylic acids is 1. The van der Waals surface area contributed by atoms with Crippen LogP contribution in [0.15, 0.2) is 60.9 Å². The third-order valence-electron chi connectivity index (χ3n) is 6.97. The van der Waals surface area contributed by atoms with Crippen LogP contribution in [0.3, 0.4) is 0 Å². The quantitative estimate of drug-likeness (QED) is 0.466. The first-order chi connectivity index (χ1) is 16.4. The van der Waals surface area contributed by atoms with Gasteiger partial charge in [0, 0.05) is 30.3 Å². The maximum atomic E-state index is 12.3. The molecule has 2 N–H and O–H groups in total. The van der Waals surface area contributed by atoms with Crippen molar-refractivity contribution in [1.29, 1.82) is 0 Å². The lowest BCUT2D eigenvalue weighted by molar-refractivity contribution is -0.119. The molecule has 172 valence electrons. The van der Waals surface area contributed by atoms with Crippen LogP contribution in [-0.2, 0) is 10.2 Å². The molecule has 0 spiro atoms. The van der Waals surface area contributed by atoms with E-state index in [2.05, 4.69) is 51.8 Å². The molecule has 1 saturated heterocycles. The van der Waals surface area contributed by atoms with Crippen LogP contribution in [0.25, 0.3) is 5.65 Å². The summed E-state index contributed by atoms with van der Waals surface area (Å²) in [6.45, 7) is 7.06. The lowest BCUT2D eigenvalue weighted by Gasteiger charge is -2.26. The number of amides is 1. The van der Waals surface area contributed by atoms with Gasteiger partial charge in [0.15, 0.2) is 11.5 Å². The van der Waals surface area contributed by atoms with Crippen molar-refractivity contribution >= 4 is 34.7 Å². The summed E-state index contributed by atoms with van der Waals surface area (Å²) in [6, 6.07) is 16.7. The molecule has 1 fully saturated rings. The van der Waals surface area contributed by atoms with Crippen LogP contribution in [-0.4, -0.2) is 32.0 Å². The predicted molar refractivity (Wildman–Crippen MR) is 132 cm³/mol. The van der Waals surface area contributed by atoms with E-state index in [0.29, 0.717) is 11.9 Å². The number of rotatable bonds is 4. The zero-order chi connectivity index (χ0) is 23.4. The van der Waals surface area contributed by atoms with E-state index >= 15 is 0 Å². The lowest BCUT2D eigenvalue weighted by atomic mass is 9.86. The molecule has 0 saturated carbocycles. The topological polar surface area (TPSA) is 87.5 Å². The maximum Gasteiger partial charge on any atom is 0.247 e. The van der Waals surface area contributed by atoms with Crippen molar-refractivity contribution in [3.63, 3.8) is 0 Å². The highest BCUT2D eigenvalue weighted by Gasteiger charge is 2.38. The molecule has 4 heterocycles. The van der Waals surface area contributed by atoms with Gasteiger partial charge >= 0.3 is 0 Å². The Balaban J connectivity index is 1.33. The Morgan fingerprint density at radius 3 is 2.79 bits per heavy atom. The molecule has 0 radical (unpaired) electrons. The van der Waals surface area contributed by atoms with E-state index in [-0.39, 0.29) is 11.9 Å². The van der Waals surface area contributed by atoms with Crippen LogP contribution < -0.4 is 15.5 Å². The highest BCUT2D eigenvalue weighted by molar-refractivity contribution is 6.06. The van der Waals surface area contributed by atoms with E-state index in [9.17, 15) is 4.79 Å². The molecule has 6 rings (SSSR count). The van der Waals surface area contributed by atoms with Gasteiger partial charge in [-0.05, 0) is 49.4 Å². The van der Waals surface area contributed by atoms with E-state index in [0.717, 1.165) is 41.4 Å². The predicted octanol–water partition coefficient (Wildman–Crippen LogP) is 4.69. The van der Waals surface area contributed by atoms with E-state index in [1.54, 1.807) is 10.7 Å². The number of hydrogen-bond donors (Lipinski definition) is 2. The van der Waals surface area contributed by atoms with Gasteiger partial charge in [0.05, 0.1) is 11.5 Å². The van der Waals surface area contributed by atoms with Crippen LogP contribution in [0.5, 0.6) is 0 Å². The standard InChI is InChI=1S/C26H27N7O/c1-16-13-21(17-7-5-4-6-8-17)32(15-16)22-23-30-25(31-33(23)12-11-27-22)28-18-9-10-19-20(14-18)29-24(34)26(19,2)3/h4-12,14,16,21H,13,15H2,1-3H3,(H,28,31)(H,29,34). The number of carbonyl (C=O) groups is 1. The second-order valence-corrected chi connectivity index (χ2v) is 9.84. The van der Waals surface area contributed by atoms with Crippen LogP contribution in [0.4, 0.5) is 23.1 Å². The Hall–Kier alpha value is -3.94. The number of anilines is 4. The lowest BCUT2D eigenvalue weighted by Crippen LogP contribution is -2.26. The monoisotopic (exact) mass is 453 g/mol. The summed E-state index contributed by atoms with van der Waals surface area (Å²) in [5.41, 5.74) is 4.11. The fourth-order valence-corrected chi connectivity index (χ4v) is 5.13.